The van der Waals surface area contributed by atoms with Crippen LogP contribution in [0, 0.1) is 0 Å². The zero-order valence-electron chi connectivity index (χ0n) is 13.1. The first-order valence-electron chi connectivity index (χ1n) is 7.19. The highest BCUT2D eigenvalue weighted by Gasteiger charge is 2.35. The van der Waals surface area contributed by atoms with Crippen LogP contribution in [0.1, 0.15) is 41.3 Å². The van der Waals surface area contributed by atoms with Gasteiger partial charge < -0.3 is 20.1 Å². The van der Waals surface area contributed by atoms with Crippen molar-refractivity contribution in [1.82, 2.24) is 0 Å². The molecule has 0 spiro atoms. The van der Waals surface area contributed by atoms with Gasteiger partial charge in [0.1, 0.15) is 5.75 Å². The standard InChI is InChI=1S/C17H16O7/c1-3-4-8(18)5-6-9-13(19)12-10(15(21)14(9)20)7-11(24-2)16(22)17(12)23/h5-7,19-21H,3-4H2,1-2H3/b6-5+. The van der Waals surface area contributed by atoms with Crippen LogP contribution in [-0.4, -0.2) is 39.8 Å². The topological polar surface area (TPSA) is 121 Å². The summed E-state index contributed by atoms with van der Waals surface area (Å²) in [5, 5.41) is 30.4. The molecule has 0 amide bonds. The van der Waals surface area contributed by atoms with Gasteiger partial charge in [0.25, 0.3) is 5.78 Å². The third kappa shape index (κ3) is 2.76. The van der Waals surface area contributed by atoms with E-state index in [4.69, 9.17) is 4.74 Å². The lowest BCUT2D eigenvalue weighted by Crippen LogP contribution is -2.22. The van der Waals surface area contributed by atoms with Gasteiger partial charge in [-0.3, -0.25) is 14.4 Å². The summed E-state index contributed by atoms with van der Waals surface area (Å²) in [7, 11) is 1.18. The number of Topliss-reactive ketones (excluding diaryl/α,β-unsaturated/α-hetero) is 2. The van der Waals surface area contributed by atoms with Gasteiger partial charge in [0, 0.05) is 12.0 Å². The number of ketones is 3. The van der Waals surface area contributed by atoms with Crippen molar-refractivity contribution in [2.24, 2.45) is 0 Å². The van der Waals surface area contributed by atoms with Gasteiger partial charge in [-0.05, 0) is 24.6 Å². The summed E-state index contributed by atoms with van der Waals surface area (Å²) in [6, 6.07) is 0. The Kier molecular flexibility index (Phi) is 4.73. The average molecular weight is 332 g/mol. The Hall–Kier alpha value is -3.09. The molecule has 1 aliphatic rings. The Morgan fingerprint density at radius 2 is 1.79 bits per heavy atom. The van der Waals surface area contributed by atoms with Crippen molar-refractivity contribution in [2.75, 3.05) is 7.11 Å². The number of methoxy groups -OCH3 is 1. The van der Waals surface area contributed by atoms with Crippen LogP contribution in [0.2, 0.25) is 0 Å². The number of carbonyl (C=O) groups excluding carboxylic acids is 3. The third-order valence-electron chi connectivity index (χ3n) is 3.58. The van der Waals surface area contributed by atoms with Crippen LogP contribution in [0.15, 0.2) is 11.8 Å². The SMILES string of the molecule is CCCC(=O)/C=C/c1c(O)c(O)c2c(c1O)C(=O)C(=O)C(OC)=C2. The van der Waals surface area contributed by atoms with Crippen LogP contribution in [0.25, 0.3) is 12.2 Å². The molecule has 7 heteroatoms. The lowest BCUT2D eigenvalue weighted by molar-refractivity contribution is -0.115. The number of ether oxygens (including phenoxy) is 1. The number of phenols is 3. The minimum absolute atomic E-state index is 0.219. The second-order valence-corrected chi connectivity index (χ2v) is 5.17. The Balaban J connectivity index is 2.66. The molecule has 1 aliphatic carbocycles. The van der Waals surface area contributed by atoms with E-state index in [9.17, 15) is 29.7 Å². The molecule has 0 aromatic heterocycles. The molecule has 0 fully saturated rings. The molecule has 0 saturated heterocycles. The van der Waals surface area contributed by atoms with E-state index in [2.05, 4.69) is 0 Å². The van der Waals surface area contributed by atoms with Crippen molar-refractivity contribution in [2.45, 2.75) is 19.8 Å². The monoisotopic (exact) mass is 332 g/mol. The van der Waals surface area contributed by atoms with Gasteiger partial charge in [-0.25, -0.2) is 0 Å². The van der Waals surface area contributed by atoms with Crippen LogP contribution in [0.5, 0.6) is 17.2 Å². The minimum atomic E-state index is -1.08. The molecule has 24 heavy (non-hydrogen) atoms. The molecular weight excluding hydrogens is 316 g/mol. The molecule has 7 nitrogen and oxygen atoms in total. The molecule has 2 rings (SSSR count). The fraction of sp³-hybridized carbons (Fsp3) is 0.235. The predicted molar refractivity (Wildman–Crippen MR) is 84.7 cm³/mol. The van der Waals surface area contributed by atoms with Crippen LogP contribution in [-0.2, 0) is 14.3 Å². The molecule has 1 aromatic rings. The van der Waals surface area contributed by atoms with E-state index >= 15 is 0 Å². The molecule has 0 saturated carbocycles. The maximum atomic E-state index is 12.1. The first-order valence-corrected chi connectivity index (χ1v) is 7.19. The number of hydrogen-bond donors (Lipinski definition) is 3. The van der Waals surface area contributed by atoms with E-state index in [0.29, 0.717) is 6.42 Å². The van der Waals surface area contributed by atoms with Crippen molar-refractivity contribution >= 4 is 29.5 Å². The van der Waals surface area contributed by atoms with Crippen LogP contribution >= 0.6 is 0 Å². The van der Waals surface area contributed by atoms with Gasteiger partial charge in [0.15, 0.2) is 23.0 Å². The van der Waals surface area contributed by atoms with Gasteiger partial charge in [-0.2, -0.15) is 0 Å². The number of benzene rings is 1. The lowest BCUT2D eigenvalue weighted by atomic mass is 9.89. The van der Waals surface area contributed by atoms with Gasteiger partial charge in [0.05, 0.1) is 18.2 Å². The summed E-state index contributed by atoms with van der Waals surface area (Å²) < 4.78 is 4.76. The normalized spacial score (nSPS) is 13.8. The number of phenolic OH excluding ortho intramolecular Hbond substituents is 3. The maximum absolute atomic E-state index is 12.1. The Morgan fingerprint density at radius 1 is 1.12 bits per heavy atom. The molecule has 3 N–H and O–H groups in total. The Labute approximate surface area is 137 Å². The lowest BCUT2D eigenvalue weighted by Gasteiger charge is -2.18. The highest BCUT2D eigenvalue weighted by molar-refractivity contribution is 6.52. The number of hydrogen-bond acceptors (Lipinski definition) is 7. The third-order valence-corrected chi connectivity index (χ3v) is 3.58. The van der Waals surface area contributed by atoms with Crippen LogP contribution < -0.4 is 0 Å². The van der Waals surface area contributed by atoms with Gasteiger partial charge in [0.2, 0.25) is 5.78 Å². The van der Waals surface area contributed by atoms with E-state index in [-0.39, 0.29) is 29.1 Å². The second-order valence-electron chi connectivity index (χ2n) is 5.17. The number of rotatable bonds is 5. The average Bonchev–Trinajstić information content (AvgIpc) is 2.55. The highest BCUT2D eigenvalue weighted by Crippen LogP contribution is 2.45. The van der Waals surface area contributed by atoms with Crippen molar-refractivity contribution in [3.05, 3.63) is 28.5 Å². The van der Waals surface area contributed by atoms with Crippen LogP contribution in [0.3, 0.4) is 0 Å². The minimum Gasteiger partial charge on any atom is -0.506 e. The smallest absolute Gasteiger partial charge is 0.268 e. The maximum Gasteiger partial charge on any atom is 0.268 e. The van der Waals surface area contributed by atoms with E-state index in [1.165, 1.54) is 7.11 Å². The molecule has 0 atom stereocenters. The summed E-state index contributed by atoms with van der Waals surface area (Å²) in [4.78, 5) is 35.6. The molecule has 1 aromatic carbocycles. The number of fused-ring (bicyclic) bond motifs is 1. The van der Waals surface area contributed by atoms with Crippen molar-refractivity contribution < 1.29 is 34.4 Å². The molecule has 0 aliphatic heterocycles. The van der Waals surface area contributed by atoms with Crippen molar-refractivity contribution in [3.63, 3.8) is 0 Å². The second kappa shape index (κ2) is 6.57. The summed E-state index contributed by atoms with van der Waals surface area (Å²) in [5.74, 6) is -4.72. The summed E-state index contributed by atoms with van der Waals surface area (Å²) >= 11 is 0. The van der Waals surface area contributed by atoms with Crippen molar-refractivity contribution in [1.29, 1.82) is 0 Å². The molecule has 0 heterocycles. The molecule has 0 bridgehead atoms. The fourth-order valence-corrected chi connectivity index (χ4v) is 2.36. The molecule has 126 valence electrons. The predicted octanol–water partition coefficient (Wildman–Crippen LogP) is 1.94. The quantitative estimate of drug-likeness (QED) is 0.326. The van der Waals surface area contributed by atoms with E-state index in [1.807, 2.05) is 6.92 Å². The van der Waals surface area contributed by atoms with Crippen molar-refractivity contribution in [3.8, 4) is 17.2 Å². The fourth-order valence-electron chi connectivity index (χ4n) is 2.36. The van der Waals surface area contributed by atoms with Gasteiger partial charge >= 0.3 is 0 Å². The van der Waals surface area contributed by atoms with Gasteiger partial charge in [-0.1, -0.05) is 6.92 Å². The summed E-state index contributed by atoms with van der Waals surface area (Å²) in [6.07, 6.45) is 4.16. The number of aromatic hydroxyl groups is 3. The van der Waals surface area contributed by atoms with Gasteiger partial charge in [-0.15, -0.1) is 0 Å². The number of carbonyl (C=O) groups is 3. The van der Waals surface area contributed by atoms with E-state index in [1.54, 1.807) is 0 Å². The molecule has 0 unspecified atom stereocenters. The van der Waals surface area contributed by atoms with Crippen LogP contribution in [0.4, 0.5) is 0 Å². The van der Waals surface area contributed by atoms with E-state index in [0.717, 1.165) is 18.2 Å². The molecule has 0 radical (unpaired) electrons. The Morgan fingerprint density at radius 3 is 2.38 bits per heavy atom. The van der Waals surface area contributed by atoms with E-state index < -0.39 is 34.4 Å². The highest BCUT2D eigenvalue weighted by atomic mass is 16.5. The first-order chi connectivity index (χ1) is 11.3. The summed E-state index contributed by atoms with van der Waals surface area (Å²) in [6.45, 7) is 1.81. The first kappa shape index (κ1) is 17.3. The Bertz CT molecular complexity index is 800. The zero-order valence-corrected chi connectivity index (χ0v) is 13.1. The largest absolute Gasteiger partial charge is 0.506 e. The summed E-state index contributed by atoms with van der Waals surface area (Å²) in [5.41, 5.74) is -0.978. The number of allylic oxidation sites excluding steroid dienone is 2. The zero-order chi connectivity index (χ0) is 18.0. The molecular formula is C17H16O7.